The van der Waals surface area contributed by atoms with E-state index in [0.29, 0.717) is 6.04 Å². The van der Waals surface area contributed by atoms with Crippen molar-refractivity contribution in [3.05, 3.63) is 52.8 Å². The largest absolute Gasteiger partial charge is 0.306 e. The molecule has 0 amide bonds. The van der Waals surface area contributed by atoms with E-state index in [-0.39, 0.29) is 0 Å². The molecule has 3 heteroatoms. The summed E-state index contributed by atoms with van der Waals surface area (Å²) in [5, 5.41) is 10.5. The van der Waals surface area contributed by atoms with Crippen molar-refractivity contribution in [1.29, 1.82) is 0 Å². The lowest BCUT2D eigenvalue weighted by Gasteiger charge is -2.14. The van der Waals surface area contributed by atoms with Crippen LogP contribution < -0.4 is 5.32 Å². The van der Waals surface area contributed by atoms with Gasteiger partial charge in [0.2, 0.25) is 0 Å². The van der Waals surface area contributed by atoms with Crippen molar-refractivity contribution >= 4 is 0 Å². The van der Waals surface area contributed by atoms with Gasteiger partial charge in [0, 0.05) is 23.8 Å². The molecule has 1 atom stereocenters. The lowest BCUT2D eigenvalue weighted by molar-refractivity contribution is 0.573. The Bertz CT molecular complexity index is 485. The highest BCUT2D eigenvalue weighted by Crippen LogP contribution is 2.14. The number of hydrogen-bond acceptors (Lipinski definition) is 2. The maximum atomic E-state index is 4.03. The van der Waals surface area contributed by atoms with Crippen LogP contribution >= 0.6 is 0 Å². The molecule has 0 radical (unpaired) electrons. The molecule has 1 aromatic heterocycles. The lowest BCUT2D eigenvalue weighted by atomic mass is 10.0. The van der Waals surface area contributed by atoms with Gasteiger partial charge in [0.15, 0.2) is 0 Å². The minimum Gasteiger partial charge on any atom is -0.306 e. The van der Waals surface area contributed by atoms with E-state index in [9.17, 15) is 0 Å². The molecule has 1 aromatic carbocycles. The standard InChI is InChI=1S/C15H21N3/c1-4-13-5-7-14(8-6-13)11(2)16-9-15-10-17-18-12(15)3/h5-8,10-11,16H,4,9H2,1-3H3,(H,17,18)/t11-/m1/s1. The third-order valence-electron chi connectivity index (χ3n) is 3.42. The Morgan fingerprint density at radius 2 is 2.00 bits per heavy atom. The van der Waals surface area contributed by atoms with Crippen molar-refractivity contribution in [1.82, 2.24) is 15.5 Å². The van der Waals surface area contributed by atoms with Crippen molar-refractivity contribution in [2.75, 3.05) is 0 Å². The first-order valence-electron chi connectivity index (χ1n) is 6.51. The van der Waals surface area contributed by atoms with Gasteiger partial charge in [-0.05, 0) is 31.4 Å². The number of nitrogens with zero attached hydrogens (tertiary/aromatic N) is 1. The quantitative estimate of drug-likeness (QED) is 0.847. The summed E-state index contributed by atoms with van der Waals surface area (Å²) < 4.78 is 0. The fourth-order valence-corrected chi connectivity index (χ4v) is 1.98. The molecule has 2 aromatic rings. The average Bonchev–Trinajstić information content (AvgIpc) is 2.81. The second kappa shape index (κ2) is 5.83. The van der Waals surface area contributed by atoms with E-state index in [2.05, 4.69) is 53.6 Å². The normalized spacial score (nSPS) is 12.6. The van der Waals surface area contributed by atoms with E-state index in [1.165, 1.54) is 16.7 Å². The second-order valence-corrected chi connectivity index (χ2v) is 4.72. The number of aryl methyl sites for hydroxylation is 2. The van der Waals surface area contributed by atoms with E-state index in [1.807, 2.05) is 13.1 Å². The van der Waals surface area contributed by atoms with Gasteiger partial charge in [-0.15, -0.1) is 0 Å². The SMILES string of the molecule is CCc1ccc([C@@H](C)NCc2cn[nH]c2C)cc1. The fraction of sp³-hybridized carbons (Fsp3) is 0.400. The molecule has 0 saturated heterocycles. The van der Waals surface area contributed by atoms with E-state index in [4.69, 9.17) is 0 Å². The summed E-state index contributed by atoms with van der Waals surface area (Å²) >= 11 is 0. The lowest BCUT2D eigenvalue weighted by Crippen LogP contribution is -2.18. The molecule has 0 fully saturated rings. The van der Waals surface area contributed by atoms with Crippen LogP contribution in [0.1, 0.15) is 42.3 Å². The topological polar surface area (TPSA) is 40.7 Å². The number of aromatic nitrogens is 2. The zero-order valence-corrected chi connectivity index (χ0v) is 11.3. The monoisotopic (exact) mass is 243 g/mol. The highest BCUT2D eigenvalue weighted by Gasteiger charge is 2.06. The maximum Gasteiger partial charge on any atom is 0.0535 e. The number of hydrogen-bond donors (Lipinski definition) is 2. The minimum absolute atomic E-state index is 0.352. The van der Waals surface area contributed by atoms with Gasteiger partial charge in [-0.3, -0.25) is 5.10 Å². The van der Waals surface area contributed by atoms with Crippen molar-refractivity contribution in [2.45, 2.75) is 39.8 Å². The minimum atomic E-state index is 0.352. The average molecular weight is 243 g/mol. The van der Waals surface area contributed by atoms with Crippen LogP contribution in [0.4, 0.5) is 0 Å². The van der Waals surface area contributed by atoms with Crippen LogP contribution in [0.5, 0.6) is 0 Å². The molecule has 18 heavy (non-hydrogen) atoms. The van der Waals surface area contributed by atoms with Gasteiger partial charge >= 0.3 is 0 Å². The summed E-state index contributed by atoms with van der Waals surface area (Å²) in [6, 6.07) is 9.18. The third-order valence-corrected chi connectivity index (χ3v) is 3.42. The Morgan fingerprint density at radius 3 is 2.56 bits per heavy atom. The number of rotatable bonds is 5. The molecule has 1 heterocycles. The van der Waals surface area contributed by atoms with Crippen molar-refractivity contribution in [3.8, 4) is 0 Å². The zero-order valence-electron chi connectivity index (χ0n) is 11.3. The molecular weight excluding hydrogens is 222 g/mol. The Hall–Kier alpha value is -1.61. The van der Waals surface area contributed by atoms with E-state index < -0.39 is 0 Å². The molecule has 0 aliphatic carbocycles. The molecule has 2 rings (SSSR count). The first-order valence-corrected chi connectivity index (χ1v) is 6.51. The molecule has 0 saturated carbocycles. The molecular formula is C15H21N3. The summed E-state index contributed by atoms with van der Waals surface area (Å²) in [5.74, 6) is 0. The summed E-state index contributed by atoms with van der Waals surface area (Å²) in [4.78, 5) is 0. The van der Waals surface area contributed by atoms with Crippen LogP contribution in [-0.2, 0) is 13.0 Å². The maximum absolute atomic E-state index is 4.03. The van der Waals surface area contributed by atoms with Crippen LogP contribution in [0.15, 0.2) is 30.5 Å². The predicted octanol–water partition coefficient (Wildman–Crippen LogP) is 3.13. The first kappa shape index (κ1) is 12.8. The van der Waals surface area contributed by atoms with Gasteiger partial charge in [0.1, 0.15) is 0 Å². The Kier molecular flexibility index (Phi) is 4.15. The smallest absolute Gasteiger partial charge is 0.0535 e. The highest BCUT2D eigenvalue weighted by atomic mass is 15.1. The molecule has 0 aliphatic heterocycles. The van der Waals surface area contributed by atoms with Gasteiger partial charge in [0.05, 0.1) is 6.20 Å². The number of H-pyrrole nitrogens is 1. The fourth-order valence-electron chi connectivity index (χ4n) is 1.98. The number of nitrogens with one attached hydrogen (secondary N) is 2. The highest BCUT2D eigenvalue weighted by molar-refractivity contribution is 5.25. The van der Waals surface area contributed by atoms with E-state index in [1.54, 1.807) is 0 Å². The van der Waals surface area contributed by atoms with Gasteiger partial charge in [-0.2, -0.15) is 5.10 Å². The summed E-state index contributed by atoms with van der Waals surface area (Å²) in [6.07, 6.45) is 2.98. The van der Waals surface area contributed by atoms with Crippen LogP contribution in [-0.4, -0.2) is 10.2 Å². The van der Waals surface area contributed by atoms with Gasteiger partial charge in [-0.1, -0.05) is 31.2 Å². The Labute approximate surface area is 109 Å². The van der Waals surface area contributed by atoms with Crippen LogP contribution in [0.3, 0.4) is 0 Å². The first-order chi connectivity index (χ1) is 8.70. The van der Waals surface area contributed by atoms with Gasteiger partial charge < -0.3 is 5.32 Å². The summed E-state index contributed by atoms with van der Waals surface area (Å²) in [5.41, 5.74) is 5.08. The van der Waals surface area contributed by atoms with E-state index in [0.717, 1.165) is 18.7 Å². The zero-order chi connectivity index (χ0) is 13.0. The molecule has 96 valence electrons. The van der Waals surface area contributed by atoms with Crippen molar-refractivity contribution in [3.63, 3.8) is 0 Å². The number of aromatic amines is 1. The van der Waals surface area contributed by atoms with E-state index >= 15 is 0 Å². The molecule has 0 spiro atoms. The molecule has 3 nitrogen and oxygen atoms in total. The summed E-state index contributed by atoms with van der Waals surface area (Å²) in [7, 11) is 0. The predicted molar refractivity (Wildman–Crippen MR) is 74.4 cm³/mol. The Balaban J connectivity index is 1.94. The van der Waals surface area contributed by atoms with Crippen molar-refractivity contribution < 1.29 is 0 Å². The van der Waals surface area contributed by atoms with Crippen molar-refractivity contribution in [2.24, 2.45) is 0 Å². The molecule has 2 N–H and O–H groups in total. The second-order valence-electron chi connectivity index (χ2n) is 4.72. The van der Waals surface area contributed by atoms with Crippen LogP contribution in [0, 0.1) is 6.92 Å². The van der Waals surface area contributed by atoms with Gasteiger partial charge in [0.25, 0.3) is 0 Å². The van der Waals surface area contributed by atoms with Gasteiger partial charge in [-0.25, -0.2) is 0 Å². The molecule has 0 unspecified atom stereocenters. The molecule has 0 bridgehead atoms. The van der Waals surface area contributed by atoms with Crippen LogP contribution in [0.25, 0.3) is 0 Å². The third kappa shape index (κ3) is 2.99. The summed E-state index contributed by atoms with van der Waals surface area (Å²) in [6.45, 7) is 7.26. The Morgan fingerprint density at radius 1 is 1.28 bits per heavy atom. The van der Waals surface area contributed by atoms with Crippen LogP contribution in [0.2, 0.25) is 0 Å². The molecule has 0 aliphatic rings. The number of benzene rings is 1.